The number of ether oxygens (including phenoxy) is 2. The average Bonchev–Trinajstić information content (AvgIpc) is 2.97. The number of likely N-dealkylation sites (tertiary alicyclic amines) is 1. The van der Waals surface area contributed by atoms with Crippen LogP contribution in [0.2, 0.25) is 0 Å². The van der Waals surface area contributed by atoms with Gasteiger partial charge < -0.3 is 14.6 Å². The molecule has 0 aromatic rings. The quantitative estimate of drug-likeness (QED) is 0.323. The van der Waals surface area contributed by atoms with Crippen LogP contribution in [0.3, 0.4) is 0 Å². The number of rotatable bonds is 10. The summed E-state index contributed by atoms with van der Waals surface area (Å²) < 4.78 is 11.9. The van der Waals surface area contributed by atoms with Gasteiger partial charge in [0.05, 0.1) is 13.2 Å². The predicted octanol–water partition coefficient (Wildman–Crippen LogP) is 4.45. The Balaban J connectivity index is 1.81. The summed E-state index contributed by atoms with van der Waals surface area (Å²) in [6.45, 7) is 8.99. The molecular formula is C23H34N2O3S. The monoisotopic (exact) mass is 418 g/mol. The van der Waals surface area contributed by atoms with Gasteiger partial charge in [-0.25, -0.2) is 4.99 Å². The van der Waals surface area contributed by atoms with Crippen molar-refractivity contribution >= 4 is 17.0 Å². The maximum Gasteiger partial charge on any atom is 0.251 e. The molecule has 1 atom stereocenters. The molecule has 0 saturated carbocycles. The van der Waals surface area contributed by atoms with E-state index in [0.29, 0.717) is 18.4 Å². The second-order valence-electron chi connectivity index (χ2n) is 6.88. The fourth-order valence-electron chi connectivity index (χ4n) is 3.18. The van der Waals surface area contributed by atoms with E-state index in [9.17, 15) is 5.11 Å². The van der Waals surface area contributed by atoms with E-state index in [0.717, 1.165) is 43.2 Å². The van der Waals surface area contributed by atoms with Gasteiger partial charge in [0.2, 0.25) is 0 Å². The highest BCUT2D eigenvalue weighted by Gasteiger charge is 2.21. The van der Waals surface area contributed by atoms with Gasteiger partial charge in [0.1, 0.15) is 18.1 Å². The third-order valence-electron chi connectivity index (χ3n) is 4.75. The first-order chi connectivity index (χ1) is 14.3. The fourth-order valence-corrected chi connectivity index (χ4v) is 3.93. The van der Waals surface area contributed by atoms with Crippen molar-refractivity contribution in [3.63, 3.8) is 0 Å². The summed E-state index contributed by atoms with van der Waals surface area (Å²) in [5.41, 5.74) is 0. The number of hydrogen-bond acceptors (Lipinski definition) is 6. The number of thioether (sulfide) groups is 1. The molecule has 1 aliphatic carbocycles. The number of aliphatic imine (C=N–C) groups is 1. The number of aliphatic hydroxyl groups excluding tert-OH is 1. The first kappa shape index (κ1) is 23.5. The fraction of sp³-hybridized carbons (Fsp3) is 0.522. The highest BCUT2D eigenvalue weighted by atomic mass is 32.2. The van der Waals surface area contributed by atoms with E-state index >= 15 is 0 Å². The van der Waals surface area contributed by atoms with Crippen molar-refractivity contribution < 1.29 is 14.6 Å². The second-order valence-corrected chi connectivity index (χ2v) is 7.85. The summed E-state index contributed by atoms with van der Waals surface area (Å²) in [5.74, 6) is 2.44. The number of allylic oxidation sites excluding steroid dienone is 5. The predicted molar refractivity (Wildman–Crippen MR) is 123 cm³/mol. The van der Waals surface area contributed by atoms with Gasteiger partial charge in [0, 0.05) is 18.3 Å². The molecule has 0 bridgehead atoms. The molecule has 29 heavy (non-hydrogen) atoms. The van der Waals surface area contributed by atoms with Crippen molar-refractivity contribution in [3.05, 3.63) is 60.6 Å². The highest BCUT2D eigenvalue weighted by Crippen LogP contribution is 2.18. The SMILES string of the molecule is C=CCN=C(OC1=CCC=C(OCCN2CCCCC2CO)C=C1)SC/C=C\C. The molecule has 6 heteroatoms. The van der Waals surface area contributed by atoms with Crippen LogP contribution >= 0.6 is 11.8 Å². The third kappa shape index (κ3) is 9.07. The highest BCUT2D eigenvalue weighted by molar-refractivity contribution is 8.13. The Hall–Kier alpha value is -1.76. The molecule has 1 heterocycles. The topological polar surface area (TPSA) is 54.3 Å². The van der Waals surface area contributed by atoms with Gasteiger partial charge >= 0.3 is 0 Å². The summed E-state index contributed by atoms with van der Waals surface area (Å²) >= 11 is 1.56. The Kier molecular flexibility index (Phi) is 11.6. The summed E-state index contributed by atoms with van der Waals surface area (Å²) in [5, 5.41) is 10.2. The molecule has 0 aromatic carbocycles. The van der Waals surface area contributed by atoms with Crippen molar-refractivity contribution in [1.29, 1.82) is 0 Å². The summed E-state index contributed by atoms with van der Waals surface area (Å²) in [7, 11) is 0. The first-order valence-corrected chi connectivity index (χ1v) is 11.4. The molecule has 2 rings (SSSR count). The molecule has 1 saturated heterocycles. The van der Waals surface area contributed by atoms with E-state index in [1.807, 2.05) is 31.2 Å². The van der Waals surface area contributed by atoms with Crippen molar-refractivity contribution in [2.45, 2.75) is 38.6 Å². The first-order valence-electron chi connectivity index (χ1n) is 10.4. The zero-order valence-corrected chi connectivity index (χ0v) is 18.3. The van der Waals surface area contributed by atoms with Crippen molar-refractivity contribution in [1.82, 2.24) is 4.90 Å². The Labute approximate surface area is 179 Å². The number of piperidine rings is 1. The van der Waals surface area contributed by atoms with Crippen molar-refractivity contribution in [2.75, 3.05) is 38.6 Å². The van der Waals surface area contributed by atoms with Gasteiger partial charge in [-0.05, 0) is 57.0 Å². The molecule has 0 spiro atoms. The largest absolute Gasteiger partial charge is 0.493 e. The van der Waals surface area contributed by atoms with Crippen LogP contribution < -0.4 is 0 Å². The molecule has 0 aromatic heterocycles. The van der Waals surface area contributed by atoms with Gasteiger partial charge in [0.15, 0.2) is 0 Å². The van der Waals surface area contributed by atoms with Crippen LogP contribution in [0.5, 0.6) is 0 Å². The minimum atomic E-state index is 0.231. The molecule has 0 radical (unpaired) electrons. The lowest BCUT2D eigenvalue weighted by molar-refractivity contribution is 0.0674. The maximum atomic E-state index is 9.52. The van der Waals surface area contributed by atoms with Gasteiger partial charge in [0.25, 0.3) is 5.23 Å². The van der Waals surface area contributed by atoms with E-state index in [-0.39, 0.29) is 12.6 Å². The van der Waals surface area contributed by atoms with E-state index < -0.39 is 0 Å². The normalized spacial score (nSPS) is 20.9. The van der Waals surface area contributed by atoms with Gasteiger partial charge in [-0.2, -0.15) is 0 Å². The number of nitrogens with zero attached hydrogens (tertiary/aromatic N) is 2. The molecule has 160 valence electrons. The summed E-state index contributed by atoms with van der Waals surface area (Å²) in [4.78, 5) is 6.77. The lowest BCUT2D eigenvalue weighted by Crippen LogP contribution is -2.43. The molecular weight excluding hydrogens is 384 g/mol. The van der Waals surface area contributed by atoms with Crippen molar-refractivity contribution in [2.24, 2.45) is 4.99 Å². The Morgan fingerprint density at radius 3 is 2.97 bits per heavy atom. The zero-order valence-electron chi connectivity index (χ0n) is 17.5. The lowest BCUT2D eigenvalue weighted by Gasteiger charge is -2.34. The third-order valence-corrected chi connectivity index (χ3v) is 5.57. The van der Waals surface area contributed by atoms with Gasteiger partial charge in [-0.1, -0.05) is 36.4 Å². The minimum Gasteiger partial charge on any atom is -0.493 e. The standard InChI is InChI=1S/C23H34N2O3S/c1-3-5-18-29-23(24-14-4-2)28-22-11-8-10-21(12-13-22)27-17-16-25-15-7-6-9-20(25)19-26/h3-5,10-13,20,26H,2,6-9,14-19H2,1H3/b5-3-,24-23?. The summed E-state index contributed by atoms with van der Waals surface area (Å²) in [6.07, 6.45) is 18.0. The van der Waals surface area contributed by atoms with Crippen LogP contribution in [0.15, 0.2) is 65.6 Å². The average molecular weight is 419 g/mol. The smallest absolute Gasteiger partial charge is 0.251 e. The summed E-state index contributed by atoms with van der Waals surface area (Å²) in [6, 6.07) is 0.279. The Morgan fingerprint density at radius 2 is 2.17 bits per heavy atom. The van der Waals surface area contributed by atoms with Gasteiger partial charge in [-0.3, -0.25) is 4.90 Å². The van der Waals surface area contributed by atoms with Crippen LogP contribution in [0.4, 0.5) is 0 Å². The number of aliphatic hydroxyl groups is 1. The molecule has 1 fully saturated rings. The van der Waals surface area contributed by atoms with Crippen LogP contribution in [0.1, 0.15) is 32.6 Å². The van der Waals surface area contributed by atoms with Crippen LogP contribution in [-0.4, -0.2) is 59.9 Å². The number of hydrogen-bond donors (Lipinski definition) is 1. The molecule has 5 nitrogen and oxygen atoms in total. The zero-order chi connectivity index (χ0) is 20.7. The molecule has 2 aliphatic rings. The van der Waals surface area contributed by atoms with Gasteiger partial charge in [-0.15, -0.1) is 6.58 Å². The molecule has 0 amide bonds. The Bertz CT molecular complexity index is 653. The van der Waals surface area contributed by atoms with E-state index in [4.69, 9.17) is 9.47 Å². The lowest BCUT2D eigenvalue weighted by atomic mass is 10.0. The molecule has 1 N–H and O–H groups in total. The van der Waals surface area contributed by atoms with Crippen molar-refractivity contribution in [3.8, 4) is 0 Å². The van der Waals surface area contributed by atoms with E-state index in [1.165, 1.54) is 12.8 Å². The van der Waals surface area contributed by atoms with E-state index in [2.05, 4.69) is 28.6 Å². The van der Waals surface area contributed by atoms with Crippen LogP contribution in [-0.2, 0) is 9.47 Å². The second kappa shape index (κ2) is 14.3. The van der Waals surface area contributed by atoms with Crippen LogP contribution in [0, 0.1) is 0 Å². The molecule has 1 aliphatic heterocycles. The Morgan fingerprint density at radius 1 is 1.34 bits per heavy atom. The van der Waals surface area contributed by atoms with Crippen LogP contribution in [0.25, 0.3) is 0 Å². The minimum absolute atomic E-state index is 0.231. The maximum absolute atomic E-state index is 9.52. The molecule has 1 unspecified atom stereocenters. The van der Waals surface area contributed by atoms with E-state index in [1.54, 1.807) is 17.8 Å².